The summed E-state index contributed by atoms with van der Waals surface area (Å²) in [5, 5.41) is 24.2. The third kappa shape index (κ3) is 10.7. The molecular weight excluding hydrogens is 643 g/mol. The Balaban J connectivity index is 0.000000184. The summed E-state index contributed by atoms with van der Waals surface area (Å²) in [6, 6.07) is 6.52. The number of fused-ring (bicyclic) bond motifs is 4. The predicted molar refractivity (Wildman–Crippen MR) is 177 cm³/mol. The van der Waals surface area contributed by atoms with Crippen LogP contribution in [0, 0.1) is 26.0 Å². The number of nitrogens with zero attached hydrogens (tertiary/aromatic N) is 7. The van der Waals surface area contributed by atoms with E-state index >= 15 is 0 Å². The van der Waals surface area contributed by atoms with Crippen molar-refractivity contribution in [2.24, 2.45) is 0 Å². The topological polar surface area (TPSA) is 186 Å². The molecule has 4 unspecified atom stereocenters. The van der Waals surface area contributed by atoms with Crippen molar-refractivity contribution in [1.82, 2.24) is 25.1 Å². The minimum Gasteiger partial charge on any atom is -0.444 e. The van der Waals surface area contributed by atoms with Crippen molar-refractivity contribution in [2.45, 2.75) is 103 Å². The van der Waals surface area contributed by atoms with Crippen LogP contribution in [0.25, 0.3) is 0 Å². The number of carbonyl (C=O) groups excluding carboxylic acids is 2. The molecule has 1 N–H and O–H groups in total. The minimum absolute atomic E-state index is 0.154. The van der Waals surface area contributed by atoms with Gasteiger partial charge in [-0.1, -0.05) is 0 Å². The second kappa shape index (κ2) is 15.3. The van der Waals surface area contributed by atoms with E-state index in [1.807, 2.05) is 46.4 Å². The van der Waals surface area contributed by atoms with Crippen molar-refractivity contribution in [2.75, 3.05) is 31.1 Å². The van der Waals surface area contributed by atoms with Crippen LogP contribution in [-0.2, 0) is 9.47 Å². The average Bonchev–Trinajstić information content (AvgIpc) is 3.48. The van der Waals surface area contributed by atoms with Crippen molar-refractivity contribution >= 4 is 29.5 Å². The first-order valence-electron chi connectivity index (χ1n) is 16.2. The molecule has 268 valence electrons. The Morgan fingerprint density at radius 3 is 1.59 bits per heavy atom. The first-order valence-corrected chi connectivity index (χ1v) is 16.2. The van der Waals surface area contributed by atoms with E-state index in [0.717, 1.165) is 49.9 Å². The van der Waals surface area contributed by atoms with Gasteiger partial charge in [-0.15, -0.1) is 0 Å². The molecule has 4 saturated heterocycles. The maximum absolute atomic E-state index is 12.3. The van der Waals surface area contributed by atoms with Crippen LogP contribution in [0.5, 0.6) is 0 Å². The second-order valence-corrected chi connectivity index (χ2v) is 14.4. The standard InChI is InChI=1S/C16H22N4O4.C11H20N2O2.C5H3FN2O2/c1-16(2,3)24-15(21)18-9-12-4-5-13(10-18)19(12)11-6-7-14(17-8-11)20(22)23;1-11(2,3)15-10(14)13-6-8-4-5-9(7-13)12-8;6-4-1-2-5(7-3-4)8(9)10/h6-8,12-13H,4-5,9-10H2,1-3H3;8-9,12H,4-7H2,1-3H3;1-3H. The van der Waals surface area contributed by atoms with Crippen molar-refractivity contribution in [3.63, 3.8) is 0 Å². The number of nitro groups is 2. The van der Waals surface area contributed by atoms with Gasteiger partial charge in [-0.05, 0) is 99.2 Å². The highest BCUT2D eigenvalue weighted by atomic mass is 19.1. The molecule has 0 aliphatic carbocycles. The number of hydrogen-bond acceptors (Lipinski definition) is 12. The van der Waals surface area contributed by atoms with Crippen LogP contribution in [0.15, 0.2) is 36.7 Å². The van der Waals surface area contributed by atoms with Gasteiger partial charge in [0.1, 0.15) is 11.2 Å². The molecule has 2 amide bonds. The summed E-state index contributed by atoms with van der Waals surface area (Å²) in [6.07, 6.45) is 6.25. The van der Waals surface area contributed by atoms with E-state index in [1.54, 1.807) is 17.2 Å². The Morgan fingerprint density at radius 2 is 1.20 bits per heavy atom. The summed E-state index contributed by atoms with van der Waals surface area (Å²) < 4.78 is 22.9. The van der Waals surface area contributed by atoms with Gasteiger partial charge >= 0.3 is 23.8 Å². The van der Waals surface area contributed by atoms with Crippen LogP contribution >= 0.6 is 0 Å². The smallest absolute Gasteiger partial charge is 0.410 e. The number of pyridine rings is 2. The Labute approximate surface area is 284 Å². The lowest BCUT2D eigenvalue weighted by Gasteiger charge is -2.42. The number of piperazine rings is 2. The summed E-state index contributed by atoms with van der Waals surface area (Å²) in [5.74, 6) is -1.08. The SMILES string of the molecule is CC(C)(C)OC(=O)N1CC2CCC(C1)N2.CC(C)(C)OC(=O)N1CC2CCC(C1)N2c1ccc([N+](=O)[O-])nc1.O=[N+]([O-])c1ccc(F)cn1. The van der Waals surface area contributed by atoms with Crippen LogP contribution in [0.2, 0.25) is 0 Å². The van der Waals surface area contributed by atoms with E-state index < -0.39 is 21.3 Å². The van der Waals surface area contributed by atoms with Crippen molar-refractivity contribution in [3.8, 4) is 0 Å². The summed E-state index contributed by atoms with van der Waals surface area (Å²) in [7, 11) is 0. The highest BCUT2D eigenvalue weighted by molar-refractivity contribution is 5.69. The molecule has 2 aromatic rings. The van der Waals surface area contributed by atoms with Crippen LogP contribution in [0.1, 0.15) is 67.2 Å². The lowest BCUT2D eigenvalue weighted by molar-refractivity contribution is -0.389. The number of anilines is 1. The van der Waals surface area contributed by atoms with Gasteiger partial charge in [0.2, 0.25) is 0 Å². The fraction of sp³-hybridized carbons (Fsp3) is 0.625. The lowest BCUT2D eigenvalue weighted by atomic mass is 10.1. The van der Waals surface area contributed by atoms with E-state index in [4.69, 9.17) is 9.47 Å². The number of ether oxygens (including phenoxy) is 2. The van der Waals surface area contributed by atoms with Crippen molar-refractivity contribution < 1.29 is 33.3 Å². The Morgan fingerprint density at radius 1 is 0.755 bits per heavy atom. The fourth-order valence-corrected chi connectivity index (χ4v) is 6.19. The minimum atomic E-state index is -0.681. The number of rotatable bonds is 3. The van der Waals surface area contributed by atoms with Crippen LogP contribution in [0.3, 0.4) is 0 Å². The monoisotopic (exact) mass is 688 g/mol. The molecule has 16 nitrogen and oxygen atoms in total. The van der Waals surface area contributed by atoms with Gasteiger partial charge in [-0.3, -0.25) is 0 Å². The molecule has 2 aromatic heterocycles. The number of nitrogens with one attached hydrogen (secondary N) is 1. The van der Waals surface area contributed by atoms with Crippen LogP contribution in [-0.4, -0.2) is 103 Å². The molecule has 4 fully saturated rings. The molecule has 49 heavy (non-hydrogen) atoms. The van der Waals surface area contributed by atoms with Crippen molar-refractivity contribution in [3.05, 3.63) is 62.7 Å². The van der Waals surface area contributed by atoms with E-state index in [2.05, 4.69) is 20.2 Å². The quantitative estimate of drug-likeness (QED) is 0.334. The Kier molecular flexibility index (Phi) is 11.6. The second-order valence-electron chi connectivity index (χ2n) is 14.4. The van der Waals surface area contributed by atoms with E-state index in [1.165, 1.54) is 18.9 Å². The average molecular weight is 689 g/mol. The summed E-state index contributed by atoms with van der Waals surface area (Å²) in [6.45, 7) is 14.1. The Bertz CT molecular complexity index is 1460. The molecule has 4 aliphatic rings. The molecule has 6 heterocycles. The zero-order valence-corrected chi connectivity index (χ0v) is 28.7. The fourth-order valence-electron chi connectivity index (χ4n) is 6.19. The maximum atomic E-state index is 12.3. The third-order valence-corrected chi connectivity index (χ3v) is 8.12. The number of likely N-dealkylation sites (tertiary alicyclic amines) is 2. The molecule has 4 aliphatic heterocycles. The molecule has 0 radical (unpaired) electrons. The van der Waals surface area contributed by atoms with Crippen LogP contribution in [0.4, 0.5) is 31.3 Å². The number of hydrogen-bond donors (Lipinski definition) is 1. The summed E-state index contributed by atoms with van der Waals surface area (Å²) in [4.78, 5) is 56.5. The van der Waals surface area contributed by atoms with Gasteiger partial charge in [0.05, 0.1) is 5.69 Å². The van der Waals surface area contributed by atoms with Gasteiger partial charge in [-0.25, -0.2) is 14.0 Å². The highest BCUT2D eigenvalue weighted by Crippen LogP contribution is 2.35. The highest BCUT2D eigenvalue weighted by Gasteiger charge is 2.43. The number of aromatic nitrogens is 2. The molecule has 0 aromatic carbocycles. The lowest BCUT2D eigenvalue weighted by Crippen LogP contribution is -2.56. The molecule has 0 spiro atoms. The summed E-state index contributed by atoms with van der Waals surface area (Å²) >= 11 is 0. The van der Waals surface area contributed by atoms with Gasteiger partial charge < -0.3 is 49.7 Å². The van der Waals surface area contributed by atoms with Crippen molar-refractivity contribution in [1.29, 1.82) is 0 Å². The van der Waals surface area contributed by atoms with Crippen LogP contribution < -0.4 is 10.2 Å². The molecule has 0 saturated carbocycles. The number of amides is 2. The summed E-state index contributed by atoms with van der Waals surface area (Å²) in [5.41, 5.74) is -0.0201. The molecule has 6 rings (SSSR count). The Hall–Kier alpha value is -4.67. The number of halogens is 1. The normalized spacial score (nSPS) is 22.6. The van der Waals surface area contributed by atoms with Gasteiger partial charge in [-0.2, -0.15) is 0 Å². The number of carbonyl (C=O) groups is 2. The van der Waals surface area contributed by atoms with Gasteiger partial charge in [0.15, 0.2) is 18.2 Å². The molecule has 17 heteroatoms. The molecular formula is C32H45FN8O8. The first-order chi connectivity index (χ1) is 22.9. The first kappa shape index (κ1) is 37.2. The predicted octanol–water partition coefficient (Wildman–Crippen LogP) is 5.06. The molecule has 4 atom stereocenters. The van der Waals surface area contributed by atoms with E-state index in [0.29, 0.717) is 25.2 Å². The zero-order chi connectivity index (χ0) is 36.1. The maximum Gasteiger partial charge on any atom is 0.410 e. The zero-order valence-electron chi connectivity index (χ0n) is 28.7. The van der Waals surface area contributed by atoms with E-state index in [-0.39, 0.29) is 41.5 Å². The third-order valence-electron chi connectivity index (χ3n) is 8.12. The largest absolute Gasteiger partial charge is 0.444 e. The van der Waals surface area contributed by atoms with Gasteiger partial charge in [0, 0.05) is 62.5 Å². The molecule has 4 bridgehead atoms. The van der Waals surface area contributed by atoms with E-state index in [9.17, 15) is 34.2 Å². The van der Waals surface area contributed by atoms with Gasteiger partial charge in [0.25, 0.3) is 0 Å².